The number of aryl methyl sites for hydroxylation is 1. The Labute approximate surface area is 126 Å². The minimum atomic E-state index is 0.761. The Morgan fingerprint density at radius 2 is 1.90 bits per heavy atom. The van der Waals surface area contributed by atoms with E-state index in [2.05, 4.69) is 17.1 Å². The van der Waals surface area contributed by atoms with Gasteiger partial charge in [-0.25, -0.2) is 4.98 Å². The fourth-order valence-electron chi connectivity index (χ4n) is 2.53. The van der Waals surface area contributed by atoms with Crippen LogP contribution in [0, 0.1) is 6.92 Å². The Hall–Kier alpha value is -0.650. The molecule has 1 aromatic rings. The first kappa shape index (κ1) is 15.7. The highest BCUT2D eigenvalue weighted by Gasteiger charge is 2.15. The second-order valence-electron chi connectivity index (χ2n) is 5.43. The maximum atomic E-state index is 5.05. The zero-order valence-electron chi connectivity index (χ0n) is 12.8. The van der Waals surface area contributed by atoms with Crippen LogP contribution in [0.15, 0.2) is 0 Å². The molecule has 0 radical (unpaired) electrons. The molecular formula is C15H27N3OS. The van der Waals surface area contributed by atoms with E-state index < -0.39 is 0 Å². The second kappa shape index (κ2) is 8.60. The molecule has 20 heavy (non-hydrogen) atoms. The molecule has 1 fully saturated rings. The van der Waals surface area contributed by atoms with Gasteiger partial charge in [0.25, 0.3) is 0 Å². The first-order chi connectivity index (χ1) is 9.81. The van der Waals surface area contributed by atoms with E-state index in [0.717, 1.165) is 19.7 Å². The number of nitrogens with zero attached hydrogens (tertiary/aromatic N) is 2. The van der Waals surface area contributed by atoms with Gasteiger partial charge in [-0.15, -0.1) is 11.3 Å². The third-order valence-electron chi connectivity index (χ3n) is 3.78. The summed E-state index contributed by atoms with van der Waals surface area (Å²) in [6.45, 7) is 7.02. The second-order valence-corrected chi connectivity index (χ2v) is 6.49. The molecule has 1 aliphatic rings. The molecule has 1 saturated heterocycles. The van der Waals surface area contributed by atoms with E-state index in [-0.39, 0.29) is 0 Å². The lowest BCUT2D eigenvalue weighted by Crippen LogP contribution is -2.26. The number of hydrogen-bond donors (Lipinski definition) is 1. The molecule has 5 heteroatoms. The van der Waals surface area contributed by atoms with E-state index in [0.29, 0.717) is 0 Å². The van der Waals surface area contributed by atoms with Crippen molar-refractivity contribution >= 4 is 16.5 Å². The molecule has 1 N–H and O–H groups in total. The summed E-state index contributed by atoms with van der Waals surface area (Å²) in [7, 11) is 1.74. The Kier molecular flexibility index (Phi) is 6.76. The minimum absolute atomic E-state index is 0.761. The van der Waals surface area contributed by atoms with Crippen molar-refractivity contribution in [1.29, 1.82) is 0 Å². The number of thiazole rings is 1. The SMILES string of the molecule is COCCNCc1sc(N2CCCCCCC2)nc1C. The quantitative estimate of drug-likeness (QED) is 0.819. The van der Waals surface area contributed by atoms with E-state index in [1.165, 1.54) is 60.9 Å². The van der Waals surface area contributed by atoms with Crippen LogP contribution in [0.25, 0.3) is 0 Å². The Balaban J connectivity index is 1.90. The minimum Gasteiger partial charge on any atom is -0.383 e. The molecule has 0 amide bonds. The lowest BCUT2D eigenvalue weighted by molar-refractivity contribution is 0.199. The van der Waals surface area contributed by atoms with Crippen molar-refractivity contribution in [3.05, 3.63) is 10.6 Å². The van der Waals surface area contributed by atoms with Gasteiger partial charge in [0.2, 0.25) is 0 Å². The lowest BCUT2D eigenvalue weighted by Gasteiger charge is -2.23. The van der Waals surface area contributed by atoms with Gasteiger partial charge >= 0.3 is 0 Å². The summed E-state index contributed by atoms with van der Waals surface area (Å²) in [6.07, 6.45) is 6.75. The van der Waals surface area contributed by atoms with E-state index in [1.54, 1.807) is 7.11 Å². The molecule has 0 atom stereocenters. The molecule has 1 aromatic heterocycles. The molecule has 0 aliphatic carbocycles. The number of hydrogen-bond acceptors (Lipinski definition) is 5. The predicted molar refractivity (Wildman–Crippen MR) is 85.7 cm³/mol. The number of anilines is 1. The average Bonchev–Trinajstić information content (AvgIpc) is 2.76. The smallest absolute Gasteiger partial charge is 0.185 e. The van der Waals surface area contributed by atoms with Crippen LogP contribution in [0.1, 0.15) is 42.7 Å². The monoisotopic (exact) mass is 297 g/mol. The van der Waals surface area contributed by atoms with Crippen LogP contribution in [-0.2, 0) is 11.3 Å². The molecule has 4 nitrogen and oxygen atoms in total. The highest BCUT2D eigenvalue weighted by Crippen LogP contribution is 2.27. The van der Waals surface area contributed by atoms with Crippen molar-refractivity contribution < 1.29 is 4.74 Å². The molecule has 1 aliphatic heterocycles. The predicted octanol–water partition coefficient (Wildman–Crippen LogP) is 2.96. The van der Waals surface area contributed by atoms with Gasteiger partial charge in [-0.05, 0) is 19.8 Å². The number of methoxy groups -OCH3 is 1. The molecular weight excluding hydrogens is 270 g/mol. The zero-order valence-corrected chi connectivity index (χ0v) is 13.6. The topological polar surface area (TPSA) is 37.4 Å². The standard InChI is InChI=1S/C15H27N3OS/c1-13-14(12-16-8-11-19-2)20-15(17-13)18-9-6-4-3-5-7-10-18/h16H,3-12H2,1-2H3. The summed E-state index contributed by atoms with van der Waals surface area (Å²) in [6, 6.07) is 0. The molecule has 0 unspecified atom stereocenters. The van der Waals surface area contributed by atoms with E-state index in [1.807, 2.05) is 11.3 Å². The largest absolute Gasteiger partial charge is 0.383 e. The molecule has 0 aromatic carbocycles. The van der Waals surface area contributed by atoms with Gasteiger partial charge in [0.15, 0.2) is 5.13 Å². The molecule has 114 valence electrons. The van der Waals surface area contributed by atoms with Gasteiger partial charge in [0.05, 0.1) is 12.3 Å². The lowest BCUT2D eigenvalue weighted by atomic mass is 10.1. The molecule has 0 bridgehead atoms. The highest BCUT2D eigenvalue weighted by molar-refractivity contribution is 7.15. The van der Waals surface area contributed by atoms with Crippen molar-refractivity contribution in [2.75, 3.05) is 38.3 Å². The van der Waals surface area contributed by atoms with Gasteiger partial charge in [-0.2, -0.15) is 0 Å². The zero-order chi connectivity index (χ0) is 14.2. The molecule has 0 spiro atoms. The van der Waals surface area contributed by atoms with Gasteiger partial charge in [-0.3, -0.25) is 0 Å². The van der Waals surface area contributed by atoms with Crippen molar-refractivity contribution in [2.45, 2.75) is 45.6 Å². The summed E-state index contributed by atoms with van der Waals surface area (Å²) in [5.41, 5.74) is 1.18. The fourth-order valence-corrected chi connectivity index (χ4v) is 3.61. The van der Waals surface area contributed by atoms with Gasteiger partial charge < -0.3 is 15.0 Å². The van der Waals surface area contributed by atoms with Gasteiger partial charge in [0.1, 0.15) is 0 Å². The maximum absolute atomic E-state index is 5.05. The van der Waals surface area contributed by atoms with Crippen LogP contribution in [-0.4, -0.2) is 38.3 Å². The Bertz CT molecular complexity index is 386. The van der Waals surface area contributed by atoms with E-state index in [9.17, 15) is 0 Å². The Morgan fingerprint density at radius 1 is 1.20 bits per heavy atom. The molecule has 2 heterocycles. The molecule has 0 saturated carbocycles. The van der Waals surface area contributed by atoms with Gasteiger partial charge in [0, 0.05) is 38.2 Å². The van der Waals surface area contributed by atoms with Crippen LogP contribution >= 0.6 is 11.3 Å². The summed E-state index contributed by atoms with van der Waals surface area (Å²) >= 11 is 1.85. The van der Waals surface area contributed by atoms with Crippen molar-refractivity contribution in [2.24, 2.45) is 0 Å². The first-order valence-electron chi connectivity index (χ1n) is 7.72. The van der Waals surface area contributed by atoms with E-state index in [4.69, 9.17) is 9.72 Å². The normalized spacial score (nSPS) is 17.0. The van der Waals surface area contributed by atoms with Crippen molar-refractivity contribution in [1.82, 2.24) is 10.3 Å². The van der Waals surface area contributed by atoms with Crippen molar-refractivity contribution in [3.63, 3.8) is 0 Å². The number of aromatic nitrogens is 1. The number of rotatable bonds is 6. The third-order valence-corrected chi connectivity index (χ3v) is 4.99. The fraction of sp³-hybridized carbons (Fsp3) is 0.800. The van der Waals surface area contributed by atoms with Gasteiger partial charge in [-0.1, -0.05) is 19.3 Å². The summed E-state index contributed by atoms with van der Waals surface area (Å²) < 4.78 is 5.05. The van der Waals surface area contributed by atoms with Crippen LogP contribution in [0.3, 0.4) is 0 Å². The Morgan fingerprint density at radius 3 is 2.60 bits per heavy atom. The first-order valence-corrected chi connectivity index (χ1v) is 8.54. The summed E-state index contributed by atoms with van der Waals surface area (Å²) in [5, 5.41) is 4.62. The van der Waals surface area contributed by atoms with Crippen LogP contribution in [0.5, 0.6) is 0 Å². The summed E-state index contributed by atoms with van der Waals surface area (Å²) in [4.78, 5) is 8.62. The van der Waals surface area contributed by atoms with Crippen LogP contribution in [0.2, 0.25) is 0 Å². The number of nitrogens with one attached hydrogen (secondary N) is 1. The number of ether oxygens (including phenoxy) is 1. The maximum Gasteiger partial charge on any atom is 0.185 e. The van der Waals surface area contributed by atoms with Crippen molar-refractivity contribution in [3.8, 4) is 0 Å². The average molecular weight is 297 g/mol. The summed E-state index contributed by atoms with van der Waals surface area (Å²) in [5.74, 6) is 0. The van der Waals surface area contributed by atoms with Crippen LogP contribution in [0.4, 0.5) is 5.13 Å². The highest BCUT2D eigenvalue weighted by atomic mass is 32.1. The molecule has 2 rings (SSSR count). The third kappa shape index (κ3) is 4.72. The van der Waals surface area contributed by atoms with E-state index >= 15 is 0 Å². The van der Waals surface area contributed by atoms with Crippen LogP contribution < -0.4 is 10.2 Å².